The van der Waals surface area contributed by atoms with Crippen LogP contribution < -0.4 is 15.4 Å². The average Bonchev–Trinajstić information content (AvgIpc) is 2.64. The Morgan fingerprint density at radius 2 is 1.48 bits per heavy atom. The zero-order chi connectivity index (χ0) is 19.5. The molecule has 0 spiro atoms. The minimum atomic E-state index is -0.117. The minimum Gasteiger partial charge on any atom is -0.494 e. The van der Waals surface area contributed by atoms with Gasteiger partial charge in [0.15, 0.2) is 0 Å². The lowest BCUT2D eigenvalue weighted by atomic mass is 10.1. The van der Waals surface area contributed by atoms with Gasteiger partial charge in [-0.2, -0.15) is 0 Å². The normalized spacial score (nSPS) is 10.3. The molecule has 0 fully saturated rings. The van der Waals surface area contributed by atoms with E-state index in [4.69, 9.17) is 4.74 Å². The molecule has 5 nitrogen and oxygen atoms in total. The number of anilines is 2. The van der Waals surface area contributed by atoms with E-state index in [9.17, 15) is 9.59 Å². The molecule has 0 atom stereocenters. The summed E-state index contributed by atoms with van der Waals surface area (Å²) in [6, 6.07) is 14.7. The second kappa shape index (κ2) is 11.0. The zero-order valence-corrected chi connectivity index (χ0v) is 16.1. The van der Waals surface area contributed by atoms with Gasteiger partial charge >= 0.3 is 0 Å². The van der Waals surface area contributed by atoms with Crippen molar-refractivity contribution in [3.05, 3.63) is 54.1 Å². The summed E-state index contributed by atoms with van der Waals surface area (Å²) < 4.78 is 5.70. The van der Waals surface area contributed by atoms with Crippen molar-refractivity contribution in [2.24, 2.45) is 0 Å². The summed E-state index contributed by atoms with van der Waals surface area (Å²) in [4.78, 5) is 23.2. The number of ether oxygens (including phenoxy) is 1. The molecule has 0 radical (unpaired) electrons. The van der Waals surface area contributed by atoms with Crippen LogP contribution in [0.3, 0.4) is 0 Å². The van der Waals surface area contributed by atoms with Crippen molar-refractivity contribution >= 4 is 23.2 Å². The number of carbonyl (C=O) groups is 2. The average molecular weight is 368 g/mol. The number of carbonyl (C=O) groups excluding carboxylic acids is 2. The topological polar surface area (TPSA) is 67.4 Å². The molecule has 0 unspecified atom stereocenters. The van der Waals surface area contributed by atoms with Crippen molar-refractivity contribution in [2.75, 3.05) is 17.2 Å². The molecule has 2 N–H and O–H groups in total. The van der Waals surface area contributed by atoms with Crippen LogP contribution in [-0.4, -0.2) is 18.4 Å². The van der Waals surface area contributed by atoms with Crippen LogP contribution in [-0.2, 0) is 16.0 Å². The molecule has 2 aromatic rings. The lowest BCUT2D eigenvalue weighted by Crippen LogP contribution is -2.14. The smallest absolute Gasteiger partial charge is 0.228 e. The maximum Gasteiger partial charge on any atom is 0.228 e. The van der Waals surface area contributed by atoms with Crippen LogP contribution in [0.25, 0.3) is 0 Å². The summed E-state index contributed by atoms with van der Waals surface area (Å²) in [6.07, 6.45) is 4.98. The molecule has 5 heteroatoms. The maximum absolute atomic E-state index is 12.2. The van der Waals surface area contributed by atoms with Gasteiger partial charge in [0.2, 0.25) is 11.8 Å². The van der Waals surface area contributed by atoms with Crippen molar-refractivity contribution in [3.63, 3.8) is 0 Å². The fraction of sp³-hybridized carbons (Fsp3) is 0.364. The SMILES string of the molecule is CCCCCCOc1ccc(NC(=O)Cc2ccc(NC(C)=O)cc2)cc1. The summed E-state index contributed by atoms with van der Waals surface area (Å²) in [5.74, 6) is 0.613. The van der Waals surface area contributed by atoms with Crippen molar-refractivity contribution in [2.45, 2.75) is 46.0 Å². The van der Waals surface area contributed by atoms with Crippen molar-refractivity contribution in [3.8, 4) is 5.75 Å². The van der Waals surface area contributed by atoms with Gasteiger partial charge in [0.1, 0.15) is 5.75 Å². The summed E-state index contributed by atoms with van der Waals surface area (Å²) in [7, 11) is 0. The van der Waals surface area contributed by atoms with Gasteiger partial charge < -0.3 is 15.4 Å². The highest BCUT2D eigenvalue weighted by atomic mass is 16.5. The number of amides is 2. The summed E-state index contributed by atoms with van der Waals surface area (Å²) in [5.41, 5.74) is 2.35. The summed E-state index contributed by atoms with van der Waals surface area (Å²) in [5, 5.41) is 5.59. The molecule has 0 aliphatic heterocycles. The maximum atomic E-state index is 12.2. The summed E-state index contributed by atoms with van der Waals surface area (Å²) >= 11 is 0. The molecular weight excluding hydrogens is 340 g/mol. The van der Waals surface area contributed by atoms with E-state index in [1.807, 2.05) is 36.4 Å². The van der Waals surface area contributed by atoms with E-state index in [0.717, 1.165) is 35.7 Å². The first-order valence-electron chi connectivity index (χ1n) is 9.46. The molecule has 0 saturated carbocycles. The van der Waals surface area contributed by atoms with Gasteiger partial charge in [-0.05, 0) is 48.4 Å². The van der Waals surface area contributed by atoms with E-state index < -0.39 is 0 Å². The van der Waals surface area contributed by atoms with Gasteiger partial charge in [0.25, 0.3) is 0 Å². The number of rotatable bonds is 10. The van der Waals surface area contributed by atoms with Gasteiger partial charge in [0, 0.05) is 18.3 Å². The zero-order valence-electron chi connectivity index (χ0n) is 16.1. The molecule has 0 heterocycles. The van der Waals surface area contributed by atoms with Crippen LogP contribution in [0.15, 0.2) is 48.5 Å². The molecule has 2 rings (SSSR count). The van der Waals surface area contributed by atoms with Crippen molar-refractivity contribution in [1.82, 2.24) is 0 Å². The Bertz CT molecular complexity index is 724. The second-order valence-electron chi connectivity index (χ2n) is 6.54. The highest BCUT2D eigenvalue weighted by Gasteiger charge is 2.05. The predicted molar refractivity (Wildman–Crippen MR) is 109 cm³/mol. The van der Waals surface area contributed by atoms with E-state index in [2.05, 4.69) is 17.6 Å². The van der Waals surface area contributed by atoms with Crippen LogP contribution in [0.5, 0.6) is 5.75 Å². The lowest BCUT2D eigenvalue weighted by Gasteiger charge is -2.09. The van der Waals surface area contributed by atoms with E-state index in [1.54, 1.807) is 12.1 Å². The molecule has 0 saturated heterocycles. The van der Waals surface area contributed by atoms with Crippen LogP contribution in [0.1, 0.15) is 45.1 Å². The Morgan fingerprint density at radius 1 is 0.852 bits per heavy atom. The number of hydrogen-bond acceptors (Lipinski definition) is 3. The van der Waals surface area contributed by atoms with E-state index in [0.29, 0.717) is 0 Å². The molecule has 27 heavy (non-hydrogen) atoms. The van der Waals surface area contributed by atoms with Crippen LogP contribution >= 0.6 is 0 Å². The fourth-order valence-corrected chi connectivity index (χ4v) is 2.65. The monoisotopic (exact) mass is 368 g/mol. The minimum absolute atomic E-state index is 0.0875. The number of benzene rings is 2. The second-order valence-corrected chi connectivity index (χ2v) is 6.54. The van der Waals surface area contributed by atoms with Crippen molar-refractivity contribution < 1.29 is 14.3 Å². The molecule has 144 valence electrons. The number of nitrogens with one attached hydrogen (secondary N) is 2. The lowest BCUT2D eigenvalue weighted by molar-refractivity contribution is -0.116. The first kappa shape index (κ1) is 20.5. The van der Waals surface area contributed by atoms with Gasteiger partial charge in [-0.1, -0.05) is 38.3 Å². The third kappa shape index (κ3) is 7.94. The molecule has 0 bridgehead atoms. The number of unbranched alkanes of at least 4 members (excludes halogenated alkanes) is 3. The summed E-state index contributed by atoms with van der Waals surface area (Å²) in [6.45, 7) is 4.37. The van der Waals surface area contributed by atoms with E-state index in [-0.39, 0.29) is 18.2 Å². The highest BCUT2D eigenvalue weighted by molar-refractivity contribution is 5.92. The molecule has 0 aliphatic rings. The Hall–Kier alpha value is -2.82. The van der Waals surface area contributed by atoms with E-state index in [1.165, 1.54) is 26.2 Å². The molecule has 2 amide bonds. The van der Waals surface area contributed by atoms with Crippen LogP contribution in [0.4, 0.5) is 11.4 Å². The van der Waals surface area contributed by atoms with Crippen LogP contribution in [0, 0.1) is 0 Å². The third-order valence-corrected chi connectivity index (χ3v) is 4.04. The van der Waals surface area contributed by atoms with Crippen molar-refractivity contribution in [1.29, 1.82) is 0 Å². The molecular formula is C22H28N2O3. The Kier molecular flexibility index (Phi) is 8.36. The third-order valence-electron chi connectivity index (χ3n) is 4.04. The first-order chi connectivity index (χ1) is 13.1. The quantitative estimate of drug-likeness (QED) is 0.593. The van der Waals surface area contributed by atoms with Gasteiger partial charge in [-0.3, -0.25) is 9.59 Å². The Labute approximate surface area is 161 Å². The molecule has 0 aliphatic carbocycles. The Morgan fingerprint density at radius 3 is 2.11 bits per heavy atom. The predicted octanol–water partition coefficient (Wildman–Crippen LogP) is 4.79. The van der Waals surface area contributed by atoms with Crippen LogP contribution in [0.2, 0.25) is 0 Å². The largest absolute Gasteiger partial charge is 0.494 e. The van der Waals surface area contributed by atoms with E-state index >= 15 is 0 Å². The van der Waals surface area contributed by atoms with Gasteiger partial charge in [-0.15, -0.1) is 0 Å². The fourth-order valence-electron chi connectivity index (χ4n) is 2.65. The highest BCUT2D eigenvalue weighted by Crippen LogP contribution is 2.17. The standard InChI is InChI=1S/C22H28N2O3/c1-3-4-5-6-15-27-21-13-11-20(12-14-21)24-22(26)16-18-7-9-19(10-8-18)23-17(2)25/h7-14H,3-6,15-16H2,1-2H3,(H,23,25)(H,24,26). The number of hydrogen-bond donors (Lipinski definition) is 2. The first-order valence-corrected chi connectivity index (χ1v) is 9.46. The molecule has 0 aromatic heterocycles. The van der Waals surface area contributed by atoms with Gasteiger partial charge in [-0.25, -0.2) is 0 Å². The van der Waals surface area contributed by atoms with Gasteiger partial charge in [0.05, 0.1) is 13.0 Å². The Balaban J connectivity index is 1.77. The molecule has 2 aromatic carbocycles.